The van der Waals surface area contributed by atoms with Crippen molar-refractivity contribution in [3.63, 3.8) is 0 Å². The predicted molar refractivity (Wildman–Crippen MR) is 64.5 cm³/mol. The van der Waals surface area contributed by atoms with Crippen molar-refractivity contribution >= 4 is 60.8 Å². The molecular weight excluding hydrogens is 215 g/mol. The molecule has 1 N–H and O–H groups in total. The van der Waals surface area contributed by atoms with Crippen LogP contribution in [0.1, 0.15) is 32.1 Å². The van der Waals surface area contributed by atoms with Crippen molar-refractivity contribution in [1.29, 1.82) is 0 Å². The fourth-order valence-corrected chi connectivity index (χ4v) is 1.78. The number of unbranched alkanes of at least 4 members (excludes halogenated alkanes) is 1. The number of carboxylic acids is 1. The molecule has 0 aromatic heterocycles. The van der Waals surface area contributed by atoms with Crippen LogP contribution in [-0.4, -0.2) is 51.6 Å². The fraction of sp³-hybridized carbons (Fsp3) is 0.875. The van der Waals surface area contributed by atoms with Crippen molar-refractivity contribution in [2.45, 2.75) is 37.4 Å². The average Bonchev–Trinajstić information content (AvgIpc) is 1.98. The van der Waals surface area contributed by atoms with E-state index in [1.807, 2.05) is 0 Å². The zero-order valence-electron chi connectivity index (χ0n) is 7.07. The molecule has 13 heavy (non-hydrogen) atoms. The van der Waals surface area contributed by atoms with Gasteiger partial charge in [-0.25, -0.2) is 0 Å². The number of carbonyl (C=O) groups is 1. The molecule has 0 aromatic carbocycles. The first kappa shape index (κ1) is 16.6. The van der Waals surface area contributed by atoms with Gasteiger partial charge in [0.25, 0.3) is 0 Å². The molecule has 74 valence electrons. The molecular formula is C8H17NaO2S2. The molecule has 0 aromatic rings. The molecule has 0 saturated heterocycles. The zero-order chi connectivity index (χ0) is 9.40. The molecule has 0 bridgehead atoms. The summed E-state index contributed by atoms with van der Waals surface area (Å²) >= 11 is 8.43. The maximum absolute atomic E-state index is 10.1. The van der Waals surface area contributed by atoms with Gasteiger partial charge in [-0.2, -0.15) is 25.3 Å². The Morgan fingerprint density at radius 1 is 1.31 bits per heavy atom. The van der Waals surface area contributed by atoms with Crippen LogP contribution in [-0.2, 0) is 4.79 Å². The van der Waals surface area contributed by atoms with Crippen LogP contribution in [0.5, 0.6) is 0 Å². The predicted octanol–water partition coefficient (Wildman–Crippen LogP) is 1.60. The SMILES string of the molecule is O=C(O)CCCCC(S)CCS.[NaH]. The second kappa shape index (κ2) is 11.2. The van der Waals surface area contributed by atoms with Gasteiger partial charge in [-0.1, -0.05) is 6.42 Å². The van der Waals surface area contributed by atoms with E-state index >= 15 is 0 Å². The number of hydrogen-bond acceptors (Lipinski definition) is 3. The van der Waals surface area contributed by atoms with Crippen molar-refractivity contribution in [3.8, 4) is 0 Å². The molecule has 5 heteroatoms. The van der Waals surface area contributed by atoms with Crippen LogP contribution in [0.2, 0.25) is 0 Å². The zero-order valence-corrected chi connectivity index (χ0v) is 8.86. The molecule has 0 heterocycles. The molecule has 0 aliphatic carbocycles. The molecule has 0 aliphatic rings. The van der Waals surface area contributed by atoms with Crippen molar-refractivity contribution in [2.75, 3.05) is 5.75 Å². The first-order valence-electron chi connectivity index (χ1n) is 4.17. The summed E-state index contributed by atoms with van der Waals surface area (Å²) in [4.78, 5) is 10.1. The Morgan fingerprint density at radius 2 is 1.92 bits per heavy atom. The van der Waals surface area contributed by atoms with Crippen LogP contribution in [0, 0.1) is 0 Å². The molecule has 0 aliphatic heterocycles. The molecule has 1 atom stereocenters. The third-order valence-corrected chi connectivity index (χ3v) is 2.41. The molecule has 0 fully saturated rings. The van der Waals surface area contributed by atoms with Crippen LogP contribution in [0.3, 0.4) is 0 Å². The van der Waals surface area contributed by atoms with E-state index in [1.54, 1.807) is 0 Å². The summed E-state index contributed by atoms with van der Waals surface area (Å²) < 4.78 is 0. The van der Waals surface area contributed by atoms with Crippen molar-refractivity contribution in [1.82, 2.24) is 0 Å². The second-order valence-electron chi connectivity index (χ2n) is 2.81. The summed E-state index contributed by atoms with van der Waals surface area (Å²) in [7, 11) is 0. The Labute approximate surface area is 113 Å². The van der Waals surface area contributed by atoms with Crippen LogP contribution in [0.4, 0.5) is 0 Å². The molecule has 2 nitrogen and oxygen atoms in total. The molecule has 1 unspecified atom stereocenters. The number of hydrogen-bond donors (Lipinski definition) is 3. The van der Waals surface area contributed by atoms with Gasteiger partial charge in [-0.15, -0.1) is 0 Å². The van der Waals surface area contributed by atoms with E-state index in [9.17, 15) is 4.79 Å². The second-order valence-corrected chi connectivity index (χ2v) is 3.98. The average molecular weight is 232 g/mol. The summed E-state index contributed by atoms with van der Waals surface area (Å²) in [5, 5.41) is 8.74. The first-order valence-corrected chi connectivity index (χ1v) is 5.32. The van der Waals surface area contributed by atoms with E-state index in [1.165, 1.54) is 0 Å². The Bertz CT molecular complexity index is 133. The summed E-state index contributed by atoms with van der Waals surface area (Å²) in [6, 6.07) is 0. The third-order valence-electron chi connectivity index (χ3n) is 1.64. The van der Waals surface area contributed by atoms with E-state index in [4.69, 9.17) is 5.11 Å². The normalized spacial score (nSPS) is 11.8. The van der Waals surface area contributed by atoms with Gasteiger partial charge in [0.05, 0.1) is 0 Å². The van der Waals surface area contributed by atoms with Gasteiger partial charge >= 0.3 is 35.5 Å². The monoisotopic (exact) mass is 232 g/mol. The van der Waals surface area contributed by atoms with Gasteiger partial charge in [-0.05, 0) is 25.0 Å². The number of rotatable bonds is 7. The van der Waals surface area contributed by atoms with E-state index in [0.717, 1.165) is 31.4 Å². The summed E-state index contributed by atoms with van der Waals surface area (Å²) in [6.07, 6.45) is 3.99. The quantitative estimate of drug-likeness (QED) is 0.354. The number of aliphatic carboxylic acids is 1. The Hall–Kier alpha value is 1.17. The summed E-state index contributed by atoms with van der Waals surface area (Å²) in [5.74, 6) is 0.146. The number of thiol groups is 2. The summed E-state index contributed by atoms with van der Waals surface area (Å²) in [5.41, 5.74) is 0. The minimum absolute atomic E-state index is 0. The topological polar surface area (TPSA) is 37.3 Å². The molecule has 0 amide bonds. The Balaban J connectivity index is 0. The first-order chi connectivity index (χ1) is 5.66. The van der Waals surface area contributed by atoms with Crippen LogP contribution >= 0.6 is 25.3 Å². The Morgan fingerprint density at radius 3 is 2.38 bits per heavy atom. The van der Waals surface area contributed by atoms with Crippen molar-refractivity contribution in [3.05, 3.63) is 0 Å². The van der Waals surface area contributed by atoms with Gasteiger partial charge in [0.2, 0.25) is 0 Å². The van der Waals surface area contributed by atoms with Crippen molar-refractivity contribution < 1.29 is 9.90 Å². The van der Waals surface area contributed by atoms with E-state index in [-0.39, 0.29) is 36.0 Å². The van der Waals surface area contributed by atoms with Gasteiger partial charge < -0.3 is 5.11 Å². The third kappa shape index (κ3) is 13.2. The molecule has 0 spiro atoms. The molecule has 0 radical (unpaired) electrons. The van der Waals surface area contributed by atoms with Gasteiger partial charge in [0, 0.05) is 11.7 Å². The molecule has 0 rings (SSSR count). The fourth-order valence-electron chi connectivity index (χ4n) is 0.950. The van der Waals surface area contributed by atoms with Crippen LogP contribution < -0.4 is 0 Å². The maximum atomic E-state index is 10.1. The van der Waals surface area contributed by atoms with E-state index in [2.05, 4.69) is 25.3 Å². The van der Waals surface area contributed by atoms with Gasteiger partial charge in [-0.3, -0.25) is 4.79 Å². The van der Waals surface area contributed by atoms with Gasteiger partial charge in [0.1, 0.15) is 0 Å². The standard InChI is InChI=1S/C8H16O2S2.Na.H/c9-8(10)4-2-1-3-7(12)5-6-11;;/h7,11-12H,1-6H2,(H,9,10);;. The summed E-state index contributed by atoms with van der Waals surface area (Å²) in [6.45, 7) is 0. The van der Waals surface area contributed by atoms with E-state index < -0.39 is 5.97 Å². The van der Waals surface area contributed by atoms with Crippen LogP contribution in [0.25, 0.3) is 0 Å². The van der Waals surface area contributed by atoms with E-state index in [0.29, 0.717) is 5.25 Å². The number of carboxylic acid groups (broad SMARTS) is 1. The molecule has 0 saturated carbocycles. The minimum atomic E-state index is -0.708. The van der Waals surface area contributed by atoms with Gasteiger partial charge in [0.15, 0.2) is 0 Å². The Kier molecular flexibility index (Phi) is 14.4. The van der Waals surface area contributed by atoms with Crippen molar-refractivity contribution in [2.24, 2.45) is 0 Å². The van der Waals surface area contributed by atoms with Crippen LogP contribution in [0.15, 0.2) is 0 Å².